The maximum Gasteiger partial charge on any atom is 0.250 e. The van der Waals surface area contributed by atoms with Crippen molar-refractivity contribution >= 4 is 45.0 Å². The Bertz CT molecular complexity index is 562. The van der Waals surface area contributed by atoms with Crippen LogP contribution in [0.5, 0.6) is 0 Å². The molecule has 0 bridgehead atoms. The number of anilines is 1. The number of halogens is 2. The molecule has 1 aromatic rings. The zero-order chi connectivity index (χ0) is 15.0. The van der Waals surface area contributed by atoms with Crippen LogP contribution in [0.25, 0.3) is 0 Å². The van der Waals surface area contributed by atoms with Crippen LogP contribution in [0.4, 0.5) is 5.69 Å². The largest absolute Gasteiger partial charge is 0.343 e. The molecule has 1 N–H and O–H groups in total. The number of amides is 2. The average Bonchev–Trinajstić information content (AvgIpc) is 2.33. The molecule has 1 saturated heterocycles. The monoisotopic (exact) mass is 358 g/mol. The summed E-state index contributed by atoms with van der Waals surface area (Å²) in [5.41, 5.74) is 0.570. The van der Waals surface area contributed by atoms with Gasteiger partial charge in [0.15, 0.2) is 0 Å². The van der Waals surface area contributed by atoms with E-state index >= 15 is 0 Å². The van der Waals surface area contributed by atoms with Gasteiger partial charge in [0.25, 0.3) is 0 Å². The number of carbonyl (C=O) groups excluding carboxylic acids is 2. The number of hydrogen-bond acceptors (Lipinski definition) is 2. The number of hydrogen-bond donors (Lipinski definition) is 1. The van der Waals surface area contributed by atoms with Crippen molar-refractivity contribution < 1.29 is 9.59 Å². The number of nitrogens with zero attached hydrogens (tertiary/aromatic N) is 1. The van der Waals surface area contributed by atoms with Crippen molar-refractivity contribution in [2.75, 3.05) is 4.90 Å². The van der Waals surface area contributed by atoms with Crippen LogP contribution >= 0.6 is 27.5 Å². The second-order valence-electron chi connectivity index (χ2n) is 5.22. The molecule has 0 spiro atoms. The van der Waals surface area contributed by atoms with Gasteiger partial charge in [-0.1, -0.05) is 41.4 Å². The Labute approximate surface area is 131 Å². The summed E-state index contributed by atoms with van der Waals surface area (Å²) in [5, 5.41) is 3.15. The highest BCUT2D eigenvalue weighted by Gasteiger charge is 2.41. The third-order valence-corrected chi connectivity index (χ3v) is 4.11. The number of carbonyl (C=O) groups is 2. The second kappa shape index (κ2) is 5.74. The summed E-state index contributed by atoms with van der Waals surface area (Å²) in [6, 6.07) is 4.20. The maximum atomic E-state index is 12.5. The first-order valence-electron chi connectivity index (χ1n) is 6.41. The van der Waals surface area contributed by atoms with Crippen molar-refractivity contribution in [1.29, 1.82) is 0 Å². The highest BCUT2D eigenvalue weighted by molar-refractivity contribution is 9.10. The molecule has 0 aliphatic carbocycles. The van der Waals surface area contributed by atoms with Crippen molar-refractivity contribution in [2.45, 2.75) is 32.9 Å². The van der Waals surface area contributed by atoms with Crippen LogP contribution in [0.15, 0.2) is 22.7 Å². The Morgan fingerprint density at radius 3 is 2.55 bits per heavy atom. The van der Waals surface area contributed by atoms with Crippen molar-refractivity contribution in [3.63, 3.8) is 0 Å². The summed E-state index contributed by atoms with van der Waals surface area (Å²) in [6.45, 7) is 5.50. The van der Waals surface area contributed by atoms with E-state index in [2.05, 4.69) is 21.2 Å². The first-order valence-corrected chi connectivity index (χ1v) is 7.58. The van der Waals surface area contributed by atoms with E-state index in [1.807, 2.05) is 19.9 Å². The Balaban J connectivity index is 2.52. The van der Waals surface area contributed by atoms with E-state index in [4.69, 9.17) is 11.6 Å². The summed E-state index contributed by atoms with van der Waals surface area (Å²) in [7, 11) is 0. The van der Waals surface area contributed by atoms with E-state index in [9.17, 15) is 9.59 Å². The van der Waals surface area contributed by atoms with Crippen molar-refractivity contribution in [2.24, 2.45) is 5.92 Å². The quantitative estimate of drug-likeness (QED) is 0.882. The van der Waals surface area contributed by atoms with Gasteiger partial charge >= 0.3 is 0 Å². The zero-order valence-electron chi connectivity index (χ0n) is 11.5. The molecule has 1 fully saturated rings. The van der Waals surface area contributed by atoms with E-state index in [1.54, 1.807) is 19.1 Å². The van der Waals surface area contributed by atoms with Gasteiger partial charge in [0, 0.05) is 4.47 Å². The summed E-state index contributed by atoms with van der Waals surface area (Å²) < 4.78 is 0.828. The van der Waals surface area contributed by atoms with Gasteiger partial charge in [0.2, 0.25) is 11.8 Å². The Morgan fingerprint density at radius 2 is 2.00 bits per heavy atom. The molecule has 1 heterocycles. The molecule has 0 aromatic heterocycles. The highest BCUT2D eigenvalue weighted by Crippen LogP contribution is 2.33. The van der Waals surface area contributed by atoms with Gasteiger partial charge in [-0.25, -0.2) is 0 Å². The highest BCUT2D eigenvalue weighted by atomic mass is 79.9. The minimum absolute atomic E-state index is 0.00818. The molecule has 0 saturated carbocycles. The molecule has 20 heavy (non-hydrogen) atoms. The van der Waals surface area contributed by atoms with Gasteiger partial charge in [-0.15, -0.1) is 0 Å². The molecule has 6 heteroatoms. The van der Waals surface area contributed by atoms with E-state index in [0.29, 0.717) is 10.7 Å². The molecule has 2 atom stereocenters. The van der Waals surface area contributed by atoms with Crippen LogP contribution in [-0.4, -0.2) is 23.9 Å². The lowest BCUT2D eigenvalue weighted by Gasteiger charge is -2.40. The number of rotatable bonds is 2. The van der Waals surface area contributed by atoms with E-state index in [1.165, 1.54) is 4.90 Å². The Morgan fingerprint density at radius 1 is 1.35 bits per heavy atom. The van der Waals surface area contributed by atoms with Crippen molar-refractivity contribution in [1.82, 2.24) is 5.32 Å². The van der Waals surface area contributed by atoms with Gasteiger partial charge in [0.05, 0.1) is 10.7 Å². The summed E-state index contributed by atoms with van der Waals surface area (Å²) in [6.07, 6.45) is 0. The first kappa shape index (κ1) is 15.3. The predicted molar refractivity (Wildman–Crippen MR) is 82.9 cm³/mol. The van der Waals surface area contributed by atoms with Crippen LogP contribution in [0.3, 0.4) is 0 Å². The van der Waals surface area contributed by atoms with Gasteiger partial charge in [-0.3, -0.25) is 14.5 Å². The third kappa shape index (κ3) is 2.69. The lowest BCUT2D eigenvalue weighted by atomic mass is 9.96. The van der Waals surface area contributed by atoms with E-state index in [0.717, 1.165) is 4.47 Å². The van der Waals surface area contributed by atoms with Gasteiger partial charge in [0.1, 0.15) is 12.1 Å². The average molecular weight is 360 g/mol. The molecular weight excluding hydrogens is 344 g/mol. The van der Waals surface area contributed by atoms with Crippen LogP contribution in [-0.2, 0) is 9.59 Å². The summed E-state index contributed by atoms with van der Waals surface area (Å²) >= 11 is 9.57. The van der Waals surface area contributed by atoms with Crippen LogP contribution in [0, 0.1) is 5.92 Å². The predicted octanol–water partition coefficient (Wildman–Crippen LogP) is 2.98. The fourth-order valence-corrected chi connectivity index (χ4v) is 3.13. The van der Waals surface area contributed by atoms with E-state index < -0.39 is 12.1 Å². The third-order valence-electron chi connectivity index (χ3n) is 3.31. The lowest BCUT2D eigenvalue weighted by molar-refractivity contribution is -0.134. The molecule has 1 aromatic carbocycles. The Hall–Kier alpha value is -1.07. The molecular formula is C14H16BrClN2O2. The van der Waals surface area contributed by atoms with Crippen LogP contribution in [0.2, 0.25) is 5.02 Å². The van der Waals surface area contributed by atoms with Crippen molar-refractivity contribution in [3.8, 4) is 0 Å². The first-order chi connectivity index (χ1) is 9.32. The number of nitrogens with one attached hydrogen (secondary N) is 1. The molecule has 2 rings (SSSR count). The van der Waals surface area contributed by atoms with Crippen LogP contribution in [0.1, 0.15) is 20.8 Å². The van der Waals surface area contributed by atoms with Gasteiger partial charge < -0.3 is 5.32 Å². The Kier molecular flexibility index (Phi) is 4.39. The molecule has 108 valence electrons. The normalized spacial score (nSPS) is 23.2. The van der Waals surface area contributed by atoms with Gasteiger partial charge in [-0.2, -0.15) is 0 Å². The number of piperazine rings is 1. The maximum absolute atomic E-state index is 12.5. The molecule has 4 nitrogen and oxygen atoms in total. The molecule has 1 aliphatic rings. The topological polar surface area (TPSA) is 49.4 Å². The van der Waals surface area contributed by atoms with Crippen LogP contribution < -0.4 is 10.2 Å². The molecule has 0 radical (unpaired) electrons. The molecule has 2 amide bonds. The number of benzene rings is 1. The molecule has 2 unspecified atom stereocenters. The fraction of sp³-hybridized carbons (Fsp3) is 0.429. The minimum Gasteiger partial charge on any atom is -0.343 e. The summed E-state index contributed by atoms with van der Waals surface area (Å²) in [5.74, 6) is -0.301. The van der Waals surface area contributed by atoms with E-state index in [-0.39, 0.29) is 17.7 Å². The van der Waals surface area contributed by atoms with Gasteiger partial charge in [-0.05, 0) is 31.0 Å². The zero-order valence-corrected chi connectivity index (χ0v) is 13.8. The molecule has 1 aliphatic heterocycles. The summed E-state index contributed by atoms with van der Waals surface area (Å²) in [4.78, 5) is 26.2. The smallest absolute Gasteiger partial charge is 0.250 e. The SMILES string of the molecule is CC1NC(=O)C(C(C)C)N(c2ccc(Br)cc2Cl)C1=O. The lowest BCUT2D eigenvalue weighted by Crippen LogP contribution is -2.64. The minimum atomic E-state index is -0.544. The fourth-order valence-electron chi connectivity index (χ4n) is 2.37. The standard InChI is InChI=1S/C14H16BrClN2O2/c1-7(2)12-13(19)17-8(3)14(20)18(12)11-5-4-9(15)6-10(11)16/h4-8,12H,1-3H3,(H,17,19). The van der Waals surface area contributed by atoms with Crippen molar-refractivity contribution in [3.05, 3.63) is 27.7 Å². The second-order valence-corrected chi connectivity index (χ2v) is 6.55.